The van der Waals surface area contributed by atoms with Crippen molar-refractivity contribution in [2.45, 2.75) is 32.2 Å². The molecule has 1 aliphatic carbocycles. The SMILES string of the molecule is COc1ccc(CCN(Cc2ccco2)C(=O)CN(CCCN2CCOCC2)C(=O)C2CC2)cc1OC. The fraction of sp³-hybridized carbons (Fsp3) is 0.571. The molecule has 9 nitrogen and oxygen atoms in total. The standard InChI is InChI=1S/C28H39N3O6/c1-34-25-9-6-22(19-26(25)35-2)10-13-30(20-24-5-3-16-37-24)27(32)21-31(28(33)23-7-8-23)12-4-11-29-14-17-36-18-15-29/h3,5-6,9,16,19,23H,4,7-8,10-15,17-18,20-21H2,1-2H3. The highest BCUT2D eigenvalue weighted by molar-refractivity contribution is 5.87. The zero-order valence-corrected chi connectivity index (χ0v) is 22.0. The number of hydrogen-bond donors (Lipinski definition) is 0. The van der Waals surface area contributed by atoms with Gasteiger partial charge in [0.25, 0.3) is 0 Å². The van der Waals surface area contributed by atoms with Crippen LogP contribution in [0.15, 0.2) is 41.0 Å². The summed E-state index contributed by atoms with van der Waals surface area (Å²) in [5.74, 6) is 2.14. The third kappa shape index (κ3) is 7.97. The molecule has 37 heavy (non-hydrogen) atoms. The Bertz CT molecular complexity index is 1000. The van der Waals surface area contributed by atoms with Crippen LogP contribution in [0, 0.1) is 5.92 Å². The van der Waals surface area contributed by atoms with Crippen LogP contribution in [0.1, 0.15) is 30.6 Å². The number of rotatable bonds is 14. The maximum atomic E-state index is 13.6. The fourth-order valence-corrected chi connectivity index (χ4v) is 4.61. The van der Waals surface area contributed by atoms with Crippen molar-refractivity contribution in [1.82, 2.24) is 14.7 Å². The molecular formula is C28H39N3O6. The van der Waals surface area contributed by atoms with Crippen molar-refractivity contribution in [3.8, 4) is 11.5 Å². The Morgan fingerprint density at radius 1 is 1.03 bits per heavy atom. The quantitative estimate of drug-likeness (QED) is 0.384. The third-order valence-electron chi connectivity index (χ3n) is 6.97. The van der Waals surface area contributed by atoms with Gasteiger partial charge in [0.2, 0.25) is 11.8 Å². The zero-order chi connectivity index (χ0) is 26.0. The molecule has 4 rings (SSSR count). The smallest absolute Gasteiger partial charge is 0.242 e. The molecule has 0 radical (unpaired) electrons. The van der Waals surface area contributed by atoms with Gasteiger partial charge in [-0.2, -0.15) is 0 Å². The number of carbonyl (C=O) groups excluding carboxylic acids is 2. The number of nitrogens with zero attached hydrogens (tertiary/aromatic N) is 3. The highest BCUT2D eigenvalue weighted by Crippen LogP contribution is 2.31. The molecule has 0 spiro atoms. The number of methoxy groups -OCH3 is 2. The van der Waals surface area contributed by atoms with E-state index in [-0.39, 0.29) is 24.3 Å². The van der Waals surface area contributed by atoms with Crippen molar-refractivity contribution in [1.29, 1.82) is 0 Å². The predicted octanol–water partition coefficient (Wildman–Crippen LogP) is 2.83. The summed E-state index contributed by atoms with van der Waals surface area (Å²) in [6.07, 6.45) is 4.93. The van der Waals surface area contributed by atoms with Gasteiger partial charge in [0.1, 0.15) is 5.76 Å². The molecule has 9 heteroatoms. The Kier molecular flexibility index (Phi) is 9.85. The average molecular weight is 514 g/mol. The van der Waals surface area contributed by atoms with Gasteiger partial charge in [-0.15, -0.1) is 0 Å². The molecule has 1 saturated carbocycles. The molecule has 1 aromatic heterocycles. The number of ether oxygens (including phenoxy) is 3. The summed E-state index contributed by atoms with van der Waals surface area (Å²) in [6, 6.07) is 9.47. The molecule has 2 heterocycles. The molecule has 0 atom stereocenters. The lowest BCUT2D eigenvalue weighted by Crippen LogP contribution is -2.45. The van der Waals surface area contributed by atoms with E-state index in [0.29, 0.717) is 43.3 Å². The Labute approximate surface area is 219 Å². The van der Waals surface area contributed by atoms with Gasteiger partial charge in [0.15, 0.2) is 11.5 Å². The number of benzene rings is 1. The normalized spacial score (nSPS) is 15.8. The van der Waals surface area contributed by atoms with Gasteiger partial charge in [0.05, 0.1) is 46.8 Å². The van der Waals surface area contributed by atoms with Gasteiger partial charge in [0, 0.05) is 38.6 Å². The van der Waals surface area contributed by atoms with E-state index >= 15 is 0 Å². The van der Waals surface area contributed by atoms with Gasteiger partial charge in [-0.3, -0.25) is 14.5 Å². The predicted molar refractivity (Wildman–Crippen MR) is 139 cm³/mol. The van der Waals surface area contributed by atoms with E-state index in [0.717, 1.165) is 57.7 Å². The van der Waals surface area contributed by atoms with Gasteiger partial charge in [-0.05, 0) is 55.5 Å². The van der Waals surface area contributed by atoms with E-state index in [2.05, 4.69) is 4.90 Å². The molecule has 0 unspecified atom stereocenters. The van der Waals surface area contributed by atoms with Crippen LogP contribution in [0.5, 0.6) is 11.5 Å². The van der Waals surface area contributed by atoms with Crippen molar-refractivity contribution < 1.29 is 28.2 Å². The first kappa shape index (κ1) is 27.0. The largest absolute Gasteiger partial charge is 0.493 e. The summed E-state index contributed by atoms with van der Waals surface area (Å²) in [6.45, 7) is 5.78. The maximum Gasteiger partial charge on any atom is 0.242 e. The Hall–Kier alpha value is -3.04. The summed E-state index contributed by atoms with van der Waals surface area (Å²) in [4.78, 5) is 32.5. The number of hydrogen-bond acceptors (Lipinski definition) is 7. The molecule has 0 N–H and O–H groups in total. The van der Waals surface area contributed by atoms with Crippen molar-refractivity contribution in [3.05, 3.63) is 47.9 Å². The first-order valence-electron chi connectivity index (χ1n) is 13.2. The van der Waals surface area contributed by atoms with Crippen LogP contribution in [0.4, 0.5) is 0 Å². The van der Waals surface area contributed by atoms with Crippen LogP contribution < -0.4 is 9.47 Å². The lowest BCUT2D eigenvalue weighted by molar-refractivity contribution is -0.141. The average Bonchev–Trinajstić information content (AvgIpc) is 3.66. The first-order valence-corrected chi connectivity index (χ1v) is 13.2. The molecule has 202 valence electrons. The Balaban J connectivity index is 1.39. The van der Waals surface area contributed by atoms with E-state index in [9.17, 15) is 9.59 Å². The molecule has 1 aromatic carbocycles. The number of morpholine rings is 1. The Morgan fingerprint density at radius 3 is 2.49 bits per heavy atom. The van der Waals surface area contributed by atoms with E-state index in [1.807, 2.05) is 30.3 Å². The number of carbonyl (C=O) groups is 2. The monoisotopic (exact) mass is 513 g/mol. The molecule has 1 aliphatic heterocycles. The molecule has 0 bridgehead atoms. The van der Waals surface area contributed by atoms with E-state index in [1.165, 1.54) is 0 Å². The minimum absolute atomic E-state index is 0.0708. The van der Waals surface area contributed by atoms with Crippen LogP contribution >= 0.6 is 0 Å². The third-order valence-corrected chi connectivity index (χ3v) is 6.97. The van der Waals surface area contributed by atoms with E-state index < -0.39 is 0 Å². The fourth-order valence-electron chi connectivity index (χ4n) is 4.61. The van der Waals surface area contributed by atoms with E-state index in [1.54, 1.807) is 30.3 Å². The van der Waals surface area contributed by atoms with Crippen LogP contribution in [-0.2, 0) is 27.3 Å². The Morgan fingerprint density at radius 2 is 1.81 bits per heavy atom. The second-order valence-electron chi connectivity index (χ2n) is 9.68. The summed E-state index contributed by atoms with van der Waals surface area (Å²) in [5.41, 5.74) is 1.03. The second kappa shape index (κ2) is 13.5. The summed E-state index contributed by atoms with van der Waals surface area (Å²) in [7, 11) is 3.22. The molecule has 2 fully saturated rings. The van der Waals surface area contributed by atoms with Crippen LogP contribution in [-0.4, -0.2) is 93.2 Å². The molecule has 1 saturated heterocycles. The van der Waals surface area contributed by atoms with Gasteiger partial charge < -0.3 is 28.4 Å². The van der Waals surface area contributed by atoms with Crippen molar-refractivity contribution in [2.24, 2.45) is 5.92 Å². The van der Waals surface area contributed by atoms with Gasteiger partial charge in [-0.1, -0.05) is 6.07 Å². The second-order valence-corrected chi connectivity index (χ2v) is 9.68. The van der Waals surface area contributed by atoms with Crippen LogP contribution in [0.25, 0.3) is 0 Å². The molecule has 2 amide bonds. The molecule has 2 aromatic rings. The zero-order valence-electron chi connectivity index (χ0n) is 22.0. The lowest BCUT2D eigenvalue weighted by Gasteiger charge is -2.30. The molecular weight excluding hydrogens is 474 g/mol. The van der Waals surface area contributed by atoms with Gasteiger partial charge in [-0.25, -0.2) is 0 Å². The van der Waals surface area contributed by atoms with Crippen molar-refractivity contribution in [2.75, 3.05) is 66.7 Å². The topological polar surface area (TPSA) is 84.7 Å². The van der Waals surface area contributed by atoms with Crippen LogP contribution in [0.3, 0.4) is 0 Å². The summed E-state index contributed by atoms with van der Waals surface area (Å²) in [5, 5.41) is 0. The number of amides is 2. The minimum Gasteiger partial charge on any atom is -0.493 e. The molecule has 2 aliphatic rings. The highest BCUT2D eigenvalue weighted by atomic mass is 16.5. The minimum atomic E-state index is -0.0720. The van der Waals surface area contributed by atoms with E-state index in [4.69, 9.17) is 18.6 Å². The van der Waals surface area contributed by atoms with Crippen molar-refractivity contribution >= 4 is 11.8 Å². The summed E-state index contributed by atoms with van der Waals surface area (Å²) < 4.78 is 21.7. The van der Waals surface area contributed by atoms with Crippen LogP contribution in [0.2, 0.25) is 0 Å². The van der Waals surface area contributed by atoms with Gasteiger partial charge >= 0.3 is 0 Å². The van der Waals surface area contributed by atoms with Crippen molar-refractivity contribution in [3.63, 3.8) is 0 Å². The summed E-state index contributed by atoms with van der Waals surface area (Å²) >= 11 is 0. The lowest BCUT2D eigenvalue weighted by atomic mass is 10.1. The highest BCUT2D eigenvalue weighted by Gasteiger charge is 2.34. The first-order chi connectivity index (χ1) is 18.1. The number of furan rings is 1. The maximum absolute atomic E-state index is 13.6.